The van der Waals surface area contributed by atoms with Gasteiger partial charge in [0.05, 0.1) is 0 Å². The Morgan fingerprint density at radius 2 is 1.71 bits per heavy atom. The number of hydrogen-bond acceptors (Lipinski definition) is 3. The predicted octanol–water partition coefficient (Wildman–Crippen LogP) is 1.39. The predicted molar refractivity (Wildman–Crippen MR) is 104 cm³/mol. The van der Waals surface area contributed by atoms with Gasteiger partial charge in [0.2, 0.25) is 17.7 Å². The van der Waals surface area contributed by atoms with Crippen LogP contribution in [0.25, 0.3) is 0 Å². The largest absolute Gasteiger partial charge is 0.368 e. The van der Waals surface area contributed by atoms with Crippen molar-refractivity contribution in [3.8, 4) is 0 Å². The summed E-state index contributed by atoms with van der Waals surface area (Å²) in [7, 11) is 0. The van der Waals surface area contributed by atoms with Crippen molar-refractivity contribution < 1.29 is 18.8 Å². The standard InChI is InChI=1S/C21H24FN3O3/c1-13-6-3-4-8-16(13)12-18(20(23)27)25-21(28)19(24-14(2)26)11-15-7-5-9-17(22)10-15/h3-10,18-19H,11-12H2,1-2H3,(H2,23,27)(H,24,26)(H,25,28)/t18-,19+/m0/s1. The van der Waals surface area contributed by atoms with Gasteiger partial charge in [0.15, 0.2) is 0 Å². The number of nitrogens with one attached hydrogen (secondary N) is 2. The van der Waals surface area contributed by atoms with Crippen molar-refractivity contribution in [2.24, 2.45) is 5.73 Å². The van der Waals surface area contributed by atoms with Gasteiger partial charge in [0, 0.05) is 19.8 Å². The molecule has 2 aromatic rings. The molecule has 0 aliphatic rings. The summed E-state index contributed by atoms with van der Waals surface area (Å²) in [6, 6.07) is 11.4. The summed E-state index contributed by atoms with van der Waals surface area (Å²) in [4.78, 5) is 36.1. The molecule has 0 unspecified atom stereocenters. The lowest BCUT2D eigenvalue weighted by molar-refractivity contribution is -0.130. The molecule has 0 aromatic heterocycles. The summed E-state index contributed by atoms with van der Waals surface area (Å²) >= 11 is 0. The van der Waals surface area contributed by atoms with Crippen LogP contribution in [0, 0.1) is 12.7 Å². The number of primary amides is 1. The lowest BCUT2D eigenvalue weighted by Crippen LogP contribution is -2.54. The third-order valence-electron chi connectivity index (χ3n) is 4.37. The highest BCUT2D eigenvalue weighted by Gasteiger charge is 2.26. The van der Waals surface area contributed by atoms with Crippen LogP contribution in [0.4, 0.5) is 4.39 Å². The van der Waals surface area contributed by atoms with Crippen LogP contribution in [0.2, 0.25) is 0 Å². The van der Waals surface area contributed by atoms with Gasteiger partial charge in [0.25, 0.3) is 0 Å². The summed E-state index contributed by atoms with van der Waals surface area (Å²) < 4.78 is 13.4. The third kappa shape index (κ3) is 6.19. The first-order valence-electron chi connectivity index (χ1n) is 8.92. The van der Waals surface area contributed by atoms with Crippen molar-refractivity contribution in [3.05, 3.63) is 71.0 Å². The number of carbonyl (C=O) groups is 3. The Morgan fingerprint density at radius 3 is 2.32 bits per heavy atom. The first kappa shape index (κ1) is 21.1. The Morgan fingerprint density at radius 1 is 1.00 bits per heavy atom. The first-order chi connectivity index (χ1) is 13.3. The van der Waals surface area contributed by atoms with Gasteiger partial charge in [-0.25, -0.2) is 4.39 Å². The molecule has 28 heavy (non-hydrogen) atoms. The minimum atomic E-state index is -0.960. The molecule has 2 atom stereocenters. The number of benzene rings is 2. The van der Waals surface area contributed by atoms with E-state index in [2.05, 4.69) is 10.6 Å². The molecular formula is C21H24FN3O3. The number of hydrogen-bond donors (Lipinski definition) is 3. The van der Waals surface area contributed by atoms with Crippen LogP contribution in [-0.4, -0.2) is 29.8 Å². The van der Waals surface area contributed by atoms with Crippen molar-refractivity contribution in [2.75, 3.05) is 0 Å². The van der Waals surface area contributed by atoms with Crippen LogP contribution in [0.3, 0.4) is 0 Å². The highest BCUT2D eigenvalue weighted by atomic mass is 19.1. The molecule has 0 saturated heterocycles. The monoisotopic (exact) mass is 385 g/mol. The fraction of sp³-hybridized carbons (Fsp3) is 0.286. The van der Waals surface area contributed by atoms with E-state index in [1.165, 1.54) is 25.1 Å². The van der Waals surface area contributed by atoms with Crippen LogP contribution in [0.1, 0.15) is 23.6 Å². The maximum atomic E-state index is 13.4. The van der Waals surface area contributed by atoms with Gasteiger partial charge in [0.1, 0.15) is 17.9 Å². The molecule has 148 valence electrons. The topological polar surface area (TPSA) is 101 Å². The lowest BCUT2D eigenvalue weighted by Gasteiger charge is -2.22. The molecule has 2 aromatic carbocycles. The molecule has 0 fully saturated rings. The minimum Gasteiger partial charge on any atom is -0.368 e. The maximum absolute atomic E-state index is 13.4. The minimum absolute atomic E-state index is 0.0824. The number of halogens is 1. The van der Waals surface area contributed by atoms with Gasteiger partial charge in [-0.05, 0) is 35.7 Å². The Labute approximate surface area is 163 Å². The molecule has 7 heteroatoms. The van der Waals surface area contributed by atoms with Crippen LogP contribution in [-0.2, 0) is 27.2 Å². The third-order valence-corrected chi connectivity index (χ3v) is 4.37. The fourth-order valence-corrected chi connectivity index (χ4v) is 2.91. The van der Waals surface area contributed by atoms with Crippen LogP contribution >= 0.6 is 0 Å². The van der Waals surface area contributed by atoms with Crippen LogP contribution in [0.15, 0.2) is 48.5 Å². The second kappa shape index (κ2) is 9.64. The Kier molecular flexibility index (Phi) is 7.26. The average molecular weight is 385 g/mol. The van der Waals surface area contributed by atoms with E-state index in [9.17, 15) is 18.8 Å². The number of carbonyl (C=O) groups excluding carboxylic acids is 3. The maximum Gasteiger partial charge on any atom is 0.243 e. The van der Waals surface area contributed by atoms with E-state index in [-0.39, 0.29) is 12.8 Å². The summed E-state index contributed by atoms with van der Waals surface area (Å²) in [6.07, 6.45) is 0.319. The number of aryl methyl sites for hydroxylation is 1. The zero-order valence-electron chi connectivity index (χ0n) is 15.9. The molecule has 0 aliphatic heterocycles. The highest BCUT2D eigenvalue weighted by Crippen LogP contribution is 2.11. The zero-order chi connectivity index (χ0) is 20.7. The Balaban J connectivity index is 2.15. The smallest absolute Gasteiger partial charge is 0.243 e. The summed E-state index contributed by atoms with van der Waals surface area (Å²) in [5, 5.41) is 5.15. The molecule has 0 aliphatic carbocycles. The van der Waals surface area contributed by atoms with Gasteiger partial charge in [-0.1, -0.05) is 36.4 Å². The van der Waals surface area contributed by atoms with Crippen molar-refractivity contribution >= 4 is 17.7 Å². The number of rotatable bonds is 8. The summed E-state index contributed by atoms with van der Waals surface area (Å²) in [6.45, 7) is 3.18. The van der Waals surface area contributed by atoms with E-state index < -0.39 is 35.6 Å². The lowest BCUT2D eigenvalue weighted by atomic mass is 9.99. The average Bonchev–Trinajstić information content (AvgIpc) is 2.61. The van der Waals surface area contributed by atoms with Gasteiger partial charge in [-0.2, -0.15) is 0 Å². The first-order valence-corrected chi connectivity index (χ1v) is 8.92. The van der Waals surface area contributed by atoms with Gasteiger partial charge >= 0.3 is 0 Å². The molecule has 0 spiro atoms. The Hall–Kier alpha value is -3.22. The molecule has 0 radical (unpaired) electrons. The van der Waals surface area contributed by atoms with E-state index in [0.29, 0.717) is 5.56 Å². The SMILES string of the molecule is CC(=O)N[C@H](Cc1cccc(F)c1)C(=O)N[C@@H](Cc1ccccc1C)C(N)=O. The van der Waals surface area contributed by atoms with Crippen LogP contribution < -0.4 is 16.4 Å². The molecule has 0 bridgehead atoms. The van der Waals surface area contributed by atoms with E-state index in [1.807, 2.05) is 31.2 Å². The van der Waals surface area contributed by atoms with Crippen molar-refractivity contribution in [3.63, 3.8) is 0 Å². The molecule has 0 heterocycles. The van der Waals surface area contributed by atoms with Crippen molar-refractivity contribution in [1.29, 1.82) is 0 Å². The molecule has 2 rings (SSSR count). The molecule has 3 amide bonds. The van der Waals surface area contributed by atoms with Crippen molar-refractivity contribution in [2.45, 2.75) is 38.8 Å². The normalized spacial score (nSPS) is 12.7. The van der Waals surface area contributed by atoms with Gasteiger partial charge in [-0.15, -0.1) is 0 Å². The second-order valence-corrected chi connectivity index (χ2v) is 6.68. The van der Waals surface area contributed by atoms with Crippen molar-refractivity contribution in [1.82, 2.24) is 10.6 Å². The van der Waals surface area contributed by atoms with Gasteiger partial charge in [-0.3, -0.25) is 14.4 Å². The molecular weight excluding hydrogens is 361 g/mol. The van der Waals surface area contributed by atoms with E-state index in [4.69, 9.17) is 5.73 Å². The number of amides is 3. The quantitative estimate of drug-likeness (QED) is 0.640. The molecule has 6 nitrogen and oxygen atoms in total. The van der Waals surface area contributed by atoms with E-state index in [0.717, 1.165) is 11.1 Å². The Bertz CT molecular complexity index is 869. The fourth-order valence-electron chi connectivity index (χ4n) is 2.91. The second-order valence-electron chi connectivity index (χ2n) is 6.68. The summed E-state index contributed by atoms with van der Waals surface area (Å²) in [5.41, 5.74) is 7.87. The summed E-state index contributed by atoms with van der Waals surface area (Å²) in [5.74, 6) is -2.08. The highest BCUT2D eigenvalue weighted by molar-refractivity contribution is 5.91. The number of nitrogens with two attached hydrogens (primary N) is 1. The van der Waals surface area contributed by atoms with E-state index >= 15 is 0 Å². The van der Waals surface area contributed by atoms with Crippen LogP contribution in [0.5, 0.6) is 0 Å². The molecule has 0 saturated carbocycles. The van der Waals surface area contributed by atoms with E-state index in [1.54, 1.807) is 6.07 Å². The van der Waals surface area contributed by atoms with Gasteiger partial charge < -0.3 is 16.4 Å². The molecule has 4 N–H and O–H groups in total. The zero-order valence-corrected chi connectivity index (χ0v) is 15.9.